The normalized spacial score (nSPS) is 17.3. The molecule has 1 aromatic heterocycles. The Morgan fingerprint density at radius 1 is 1.61 bits per heavy atom. The Morgan fingerprint density at radius 2 is 2.33 bits per heavy atom. The van der Waals surface area contributed by atoms with Gasteiger partial charge in [-0.3, -0.25) is 4.79 Å². The SMILES string of the molecule is CCCn1ncc(NCC2(N)CCC2)c(Cl)c1=O. The number of hydrogen-bond donors (Lipinski definition) is 2. The molecule has 0 unspecified atom stereocenters. The first-order chi connectivity index (χ1) is 8.56. The number of nitrogens with zero attached hydrogens (tertiary/aromatic N) is 2. The van der Waals surface area contributed by atoms with E-state index in [2.05, 4.69) is 10.4 Å². The minimum Gasteiger partial charge on any atom is -0.381 e. The summed E-state index contributed by atoms with van der Waals surface area (Å²) in [5.74, 6) is 0. The van der Waals surface area contributed by atoms with E-state index in [0.29, 0.717) is 18.8 Å². The van der Waals surface area contributed by atoms with E-state index < -0.39 is 0 Å². The van der Waals surface area contributed by atoms with Crippen molar-refractivity contribution >= 4 is 17.3 Å². The van der Waals surface area contributed by atoms with Gasteiger partial charge in [-0.1, -0.05) is 18.5 Å². The maximum absolute atomic E-state index is 11.9. The van der Waals surface area contributed by atoms with Gasteiger partial charge < -0.3 is 11.1 Å². The van der Waals surface area contributed by atoms with Crippen molar-refractivity contribution in [1.82, 2.24) is 9.78 Å². The maximum atomic E-state index is 11.9. The van der Waals surface area contributed by atoms with Crippen LogP contribution in [-0.2, 0) is 6.54 Å². The van der Waals surface area contributed by atoms with Gasteiger partial charge in [0.25, 0.3) is 5.56 Å². The number of nitrogens with two attached hydrogens (primary N) is 1. The third-order valence-corrected chi connectivity index (χ3v) is 3.77. The van der Waals surface area contributed by atoms with Crippen LogP contribution in [-0.4, -0.2) is 21.9 Å². The van der Waals surface area contributed by atoms with Crippen molar-refractivity contribution in [3.8, 4) is 0 Å². The third-order valence-electron chi connectivity index (χ3n) is 3.40. The number of aromatic nitrogens is 2. The van der Waals surface area contributed by atoms with Gasteiger partial charge in [0.1, 0.15) is 5.02 Å². The van der Waals surface area contributed by atoms with Crippen molar-refractivity contribution in [3.05, 3.63) is 21.6 Å². The Bertz CT molecular complexity index is 481. The standard InChI is InChI=1S/C12H19ClN4O/c1-2-6-17-11(18)10(13)9(7-16-17)15-8-12(14)4-3-5-12/h7,15H,2-6,8,14H2,1H3. The second kappa shape index (κ2) is 5.28. The zero-order valence-corrected chi connectivity index (χ0v) is 11.3. The molecule has 18 heavy (non-hydrogen) atoms. The second-order valence-electron chi connectivity index (χ2n) is 4.97. The van der Waals surface area contributed by atoms with E-state index in [4.69, 9.17) is 17.3 Å². The number of anilines is 1. The summed E-state index contributed by atoms with van der Waals surface area (Å²) >= 11 is 6.05. The molecule has 100 valence electrons. The van der Waals surface area contributed by atoms with E-state index in [1.54, 1.807) is 6.20 Å². The average Bonchev–Trinajstić information content (AvgIpc) is 2.32. The summed E-state index contributed by atoms with van der Waals surface area (Å²) in [5.41, 5.74) is 6.28. The van der Waals surface area contributed by atoms with Crippen molar-refractivity contribution in [3.63, 3.8) is 0 Å². The maximum Gasteiger partial charge on any atom is 0.287 e. The van der Waals surface area contributed by atoms with Crippen LogP contribution in [0, 0.1) is 0 Å². The van der Waals surface area contributed by atoms with Crippen LogP contribution < -0.4 is 16.6 Å². The van der Waals surface area contributed by atoms with E-state index in [1.807, 2.05) is 6.92 Å². The second-order valence-corrected chi connectivity index (χ2v) is 5.35. The topological polar surface area (TPSA) is 72.9 Å². The summed E-state index contributed by atoms with van der Waals surface area (Å²) in [4.78, 5) is 11.9. The lowest BCUT2D eigenvalue weighted by Gasteiger charge is -2.38. The van der Waals surface area contributed by atoms with Crippen LogP contribution in [0.4, 0.5) is 5.69 Å². The van der Waals surface area contributed by atoms with E-state index >= 15 is 0 Å². The fraction of sp³-hybridized carbons (Fsp3) is 0.667. The van der Waals surface area contributed by atoms with Gasteiger partial charge in [-0.15, -0.1) is 0 Å². The molecular weight excluding hydrogens is 252 g/mol. The number of aryl methyl sites for hydroxylation is 1. The van der Waals surface area contributed by atoms with Crippen LogP contribution in [0.1, 0.15) is 32.6 Å². The lowest BCUT2D eigenvalue weighted by atomic mass is 9.78. The quantitative estimate of drug-likeness (QED) is 0.852. The smallest absolute Gasteiger partial charge is 0.287 e. The van der Waals surface area contributed by atoms with Crippen molar-refractivity contribution in [2.24, 2.45) is 5.73 Å². The Hall–Kier alpha value is -1.07. The molecule has 1 aromatic rings. The molecule has 1 heterocycles. The molecule has 0 saturated heterocycles. The molecule has 1 fully saturated rings. The molecule has 0 amide bonds. The minimum absolute atomic E-state index is 0.151. The summed E-state index contributed by atoms with van der Waals surface area (Å²) in [6.45, 7) is 3.20. The molecule has 0 atom stereocenters. The number of hydrogen-bond acceptors (Lipinski definition) is 4. The molecular formula is C12H19ClN4O. The van der Waals surface area contributed by atoms with Crippen LogP contribution in [0.2, 0.25) is 5.02 Å². The summed E-state index contributed by atoms with van der Waals surface area (Å²) in [7, 11) is 0. The van der Waals surface area contributed by atoms with Gasteiger partial charge in [-0.25, -0.2) is 4.68 Å². The molecule has 0 aliphatic heterocycles. The minimum atomic E-state index is -0.247. The highest BCUT2D eigenvalue weighted by Gasteiger charge is 2.32. The highest BCUT2D eigenvalue weighted by molar-refractivity contribution is 6.32. The van der Waals surface area contributed by atoms with Gasteiger partial charge in [0, 0.05) is 18.6 Å². The largest absolute Gasteiger partial charge is 0.381 e. The van der Waals surface area contributed by atoms with Crippen molar-refractivity contribution < 1.29 is 0 Å². The first kappa shape index (κ1) is 13.4. The molecule has 6 heteroatoms. The molecule has 0 aromatic carbocycles. The lowest BCUT2D eigenvalue weighted by molar-refractivity contribution is 0.265. The molecule has 0 bridgehead atoms. The average molecular weight is 271 g/mol. The van der Waals surface area contributed by atoms with E-state index in [9.17, 15) is 4.79 Å². The number of halogens is 1. The lowest BCUT2D eigenvalue weighted by Crippen LogP contribution is -2.52. The molecule has 1 aliphatic carbocycles. The van der Waals surface area contributed by atoms with Crippen LogP contribution >= 0.6 is 11.6 Å². The fourth-order valence-electron chi connectivity index (χ4n) is 2.04. The Balaban J connectivity index is 2.09. The summed E-state index contributed by atoms with van der Waals surface area (Å²) in [6, 6.07) is 0. The molecule has 2 rings (SSSR count). The van der Waals surface area contributed by atoms with Gasteiger partial charge in [0.15, 0.2) is 0 Å². The van der Waals surface area contributed by atoms with Crippen LogP contribution in [0.25, 0.3) is 0 Å². The zero-order chi connectivity index (χ0) is 13.2. The summed E-state index contributed by atoms with van der Waals surface area (Å²) in [5, 5.41) is 7.42. The Kier molecular flexibility index (Phi) is 3.92. The third kappa shape index (κ3) is 2.67. The monoisotopic (exact) mass is 270 g/mol. The van der Waals surface area contributed by atoms with Crippen molar-refractivity contribution in [2.75, 3.05) is 11.9 Å². The van der Waals surface area contributed by atoms with Gasteiger partial charge in [-0.05, 0) is 25.7 Å². The van der Waals surface area contributed by atoms with Gasteiger partial charge in [0.05, 0.1) is 11.9 Å². The fourth-order valence-corrected chi connectivity index (χ4v) is 2.25. The first-order valence-corrected chi connectivity index (χ1v) is 6.72. The van der Waals surface area contributed by atoms with E-state index in [0.717, 1.165) is 19.3 Å². The van der Waals surface area contributed by atoms with Gasteiger partial charge >= 0.3 is 0 Å². The molecule has 1 aliphatic rings. The zero-order valence-electron chi connectivity index (χ0n) is 10.6. The van der Waals surface area contributed by atoms with Crippen molar-refractivity contribution in [2.45, 2.75) is 44.7 Å². The first-order valence-electron chi connectivity index (χ1n) is 6.34. The van der Waals surface area contributed by atoms with Gasteiger partial charge in [0.2, 0.25) is 0 Å². The van der Waals surface area contributed by atoms with Gasteiger partial charge in [-0.2, -0.15) is 5.10 Å². The van der Waals surface area contributed by atoms with E-state index in [-0.39, 0.29) is 16.1 Å². The van der Waals surface area contributed by atoms with Crippen LogP contribution in [0.5, 0.6) is 0 Å². The Labute approximate surface area is 111 Å². The summed E-state index contributed by atoms with van der Waals surface area (Å²) < 4.78 is 1.38. The van der Waals surface area contributed by atoms with Crippen LogP contribution in [0.3, 0.4) is 0 Å². The molecule has 1 saturated carbocycles. The molecule has 5 nitrogen and oxygen atoms in total. The molecule has 3 N–H and O–H groups in total. The number of rotatable bonds is 5. The highest BCUT2D eigenvalue weighted by Crippen LogP contribution is 2.29. The molecule has 0 spiro atoms. The highest BCUT2D eigenvalue weighted by atomic mass is 35.5. The summed E-state index contributed by atoms with van der Waals surface area (Å²) in [6.07, 6.45) is 5.64. The van der Waals surface area contributed by atoms with Crippen molar-refractivity contribution in [1.29, 1.82) is 0 Å². The Morgan fingerprint density at radius 3 is 2.89 bits per heavy atom. The predicted molar refractivity (Wildman–Crippen MR) is 73.1 cm³/mol. The number of nitrogens with one attached hydrogen (secondary N) is 1. The van der Waals surface area contributed by atoms with E-state index in [1.165, 1.54) is 11.1 Å². The van der Waals surface area contributed by atoms with Crippen LogP contribution in [0.15, 0.2) is 11.0 Å². The molecule has 0 radical (unpaired) electrons. The predicted octanol–water partition coefficient (Wildman–Crippen LogP) is 1.60.